The van der Waals surface area contributed by atoms with E-state index in [2.05, 4.69) is 36.2 Å². The summed E-state index contributed by atoms with van der Waals surface area (Å²) in [5.74, 6) is 1.17. The molecule has 9 nitrogen and oxygen atoms in total. The first-order valence-corrected chi connectivity index (χ1v) is 13.0. The predicted molar refractivity (Wildman–Crippen MR) is 136 cm³/mol. The molecule has 10 heteroatoms. The van der Waals surface area contributed by atoms with Crippen LogP contribution in [0.15, 0.2) is 30.9 Å². The molecule has 2 saturated heterocycles. The molecule has 1 amide bonds. The van der Waals surface area contributed by atoms with Gasteiger partial charge in [0.1, 0.15) is 17.0 Å². The lowest BCUT2D eigenvalue weighted by Crippen LogP contribution is -2.45. The topological polar surface area (TPSA) is 87.9 Å². The minimum Gasteiger partial charge on any atom is -0.375 e. The highest BCUT2D eigenvalue weighted by Gasteiger charge is 2.43. The number of carbonyl (C=O) groups excluding carboxylic acids is 1. The first kappa shape index (κ1) is 21.1. The Morgan fingerprint density at radius 2 is 2.23 bits per heavy atom. The molecule has 1 aliphatic carbocycles. The number of ether oxygens (including phenoxy) is 1. The number of nitrogens with zero attached hydrogens (tertiary/aromatic N) is 6. The standard InChI is InChI=1S/C25H27N7O2S/c1-30(2)20-11-32-15(5-6-28-32)9-19(20)29-23-22-18-4-3-14(7-21(18)35-24(22)27-13-26-23)25(33)31-10-17-8-16(31)12-34-17/h5-6,9,11,13-14,16-17H,3-4,7-8,10,12H2,1-2H3,(H,26,27,29)/t14-,16+,17+/m0/s1. The van der Waals surface area contributed by atoms with Gasteiger partial charge in [0.15, 0.2) is 0 Å². The number of aryl methyl sites for hydroxylation is 1. The zero-order valence-corrected chi connectivity index (χ0v) is 20.6. The summed E-state index contributed by atoms with van der Waals surface area (Å²) in [6, 6.07) is 4.36. The molecule has 2 bridgehead atoms. The minimum atomic E-state index is 0.0453. The van der Waals surface area contributed by atoms with E-state index in [0.717, 1.165) is 65.2 Å². The smallest absolute Gasteiger partial charge is 0.226 e. The molecule has 3 aliphatic rings. The first-order chi connectivity index (χ1) is 17.0. The van der Waals surface area contributed by atoms with Crippen molar-refractivity contribution in [2.75, 3.05) is 37.5 Å². The summed E-state index contributed by atoms with van der Waals surface area (Å²) in [6.45, 7) is 1.45. The molecule has 2 aliphatic heterocycles. The molecule has 4 aromatic rings. The van der Waals surface area contributed by atoms with Crippen LogP contribution in [0.1, 0.15) is 23.3 Å². The van der Waals surface area contributed by atoms with Gasteiger partial charge in [0.25, 0.3) is 0 Å². The van der Waals surface area contributed by atoms with E-state index in [1.54, 1.807) is 23.9 Å². The van der Waals surface area contributed by atoms with Crippen LogP contribution in [0.3, 0.4) is 0 Å². The molecular formula is C25H27N7O2S. The van der Waals surface area contributed by atoms with Gasteiger partial charge in [0.2, 0.25) is 5.91 Å². The van der Waals surface area contributed by atoms with Crippen LogP contribution < -0.4 is 10.2 Å². The van der Waals surface area contributed by atoms with Crippen molar-refractivity contribution in [1.29, 1.82) is 0 Å². The largest absolute Gasteiger partial charge is 0.375 e. The van der Waals surface area contributed by atoms with E-state index in [4.69, 9.17) is 4.74 Å². The summed E-state index contributed by atoms with van der Waals surface area (Å²) in [5, 5.41) is 9.06. The lowest BCUT2D eigenvalue weighted by atomic mass is 9.86. The molecule has 0 aromatic carbocycles. The summed E-state index contributed by atoms with van der Waals surface area (Å²) in [6.07, 6.45) is 9.21. The number of amides is 1. The summed E-state index contributed by atoms with van der Waals surface area (Å²) >= 11 is 1.71. The molecule has 2 fully saturated rings. The molecule has 0 unspecified atom stereocenters. The normalized spacial score (nSPS) is 23.3. The Morgan fingerprint density at radius 1 is 1.31 bits per heavy atom. The van der Waals surface area contributed by atoms with Gasteiger partial charge in [-0.25, -0.2) is 14.5 Å². The van der Waals surface area contributed by atoms with Gasteiger partial charge in [0.05, 0.1) is 47.2 Å². The van der Waals surface area contributed by atoms with E-state index in [0.29, 0.717) is 12.5 Å². The number of pyridine rings is 1. The van der Waals surface area contributed by atoms with Crippen molar-refractivity contribution < 1.29 is 9.53 Å². The third-order valence-electron chi connectivity index (χ3n) is 7.63. The highest BCUT2D eigenvalue weighted by Crippen LogP contribution is 2.42. The fourth-order valence-electron chi connectivity index (χ4n) is 5.86. The second-order valence-corrected chi connectivity index (χ2v) is 11.1. The van der Waals surface area contributed by atoms with Crippen molar-refractivity contribution >= 4 is 50.2 Å². The van der Waals surface area contributed by atoms with Crippen molar-refractivity contribution in [2.24, 2.45) is 5.92 Å². The van der Waals surface area contributed by atoms with E-state index < -0.39 is 0 Å². The van der Waals surface area contributed by atoms with Crippen LogP contribution in [0.4, 0.5) is 17.2 Å². The monoisotopic (exact) mass is 489 g/mol. The second kappa shape index (κ2) is 7.89. The number of carbonyl (C=O) groups is 1. The van der Waals surface area contributed by atoms with E-state index in [1.165, 1.54) is 10.4 Å². The Labute approximate surface area is 206 Å². The van der Waals surface area contributed by atoms with E-state index in [1.807, 2.05) is 30.9 Å². The maximum Gasteiger partial charge on any atom is 0.226 e. The molecule has 0 radical (unpaired) electrons. The minimum absolute atomic E-state index is 0.0453. The average Bonchev–Trinajstić information content (AvgIpc) is 3.65. The number of hydrogen-bond acceptors (Lipinski definition) is 8. The van der Waals surface area contributed by atoms with Gasteiger partial charge in [-0.2, -0.15) is 5.10 Å². The molecule has 35 heavy (non-hydrogen) atoms. The lowest BCUT2D eigenvalue weighted by molar-refractivity contribution is -0.140. The highest BCUT2D eigenvalue weighted by molar-refractivity contribution is 7.19. The molecule has 4 aromatic heterocycles. The number of fused-ring (bicyclic) bond motifs is 6. The number of nitrogens with one attached hydrogen (secondary N) is 1. The summed E-state index contributed by atoms with van der Waals surface area (Å²) in [5.41, 5.74) is 4.29. The van der Waals surface area contributed by atoms with Gasteiger partial charge < -0.3 is 19.9 Å². The number of thiophene rings is 1. The van der Waals surface area contributed by atoms with Crippen molar-refractivity contribution in [1.82, 2.24) is 24.5 Å². The molecular weight excluding hydrogens is 462 g/mol. The van der Waals surface area contributed by atoms with Gasteiger partial charge in [0, 0.05) is 37.6 Å². The Bertz CT molecular complexity index is 1460. The van der Waals surface area contributed by atoms with Gasteiger partial charge in [-0.1, -0.05) is 0 Å². The van der Waals surface area contributed by atoms with E-state index in [9.17, 15) is 4.79 Å². The number of aromatic nitrogens is 4. The molecule has 7 rings (SSSR count). The SMILES string of the molecule is CN(C)c1cn2nccc2cc1Nc1ncnc2sc3c(c12)CC[C@H](C(=O)N1C[C@H]2C[C@@H]1CO2)C3. The number of likely N-dealkylation sites (tertiary alicyclic amines) is 1. The maximum atomic E-state index is 13.3. The number of morpholine rings is 1. The quantitative estimate of drug-likeness (QED) is 0.471. The van der Waals surface area contributed by atoms with Gasteiger partial charge in [-0.3, -0.25) is 4.79 Å². The molecule has 1 N–H and O–H groups in total. The van der Waals surface area contributed by atoms with Crippen LogP contribution >= 0.6 is 11.3 Å². The maximum absolute atomic E-state index is 13.3. The van der Waals surface area contributed by atoms with Crippen LogP contribution in [0.25, 0.3) is 15.7 Å². The fraction of sp³-hybridized carbons (Fsp3) is 0.440. The van der Waals surface area contributed by atoms with E-state index >= 15 is 0 Å². The Hall–Kier alpha value is -3.24. The zero-order valence-electron chi connectivity index (χ0n) is 19.8. The highest BCUT2D eigenvalue weighted by atomic mass is 32.1. The van der Waals surface area contributed by atoms with Gasteiger partial charge in [-0.15, -0.1) is 11.3 Å². The van der Waals surface area contributed by atoms with Crippen molar-refractivity contribution in [2.45, 2.75) is 37.8 Å². The van der Waals surface area contributed by atoms with Crippen LogP contribution in [0.5, 0.6) is 0 Å². The Balaban J connectivity index is 1.21. The molecule has 0 spiro atoms. The lowest BCUT2D eigenvalue weighted by Gasteiger charge is -2.32. The summed E-state index contributed by atoms with van der Waals surface area (Å²) in [4.78, 5) is 29.0. The third-order valence-corrected chi connectivity index (χ3v) is 8.79. The molecule has 3 atom stereocenters. The number of anilines is 3. The first-order valence-electron chi connectivity index (χ1n) is 12.1. The Kier molecular flexibility index (Phi) is 4.75. The van der Waals surface area contributed by atoms with Crippen LogP contribution in [-0.2, 0) is 22.4 Å². The van der Waals surface area contributed by atoms with Crippen LogP contribution in [0.2, 0.25) is 0 Å². The third kappa shape index (κ3) is 3.38. The molecule has 6 heterocycles. The average molecular weight is 490 g/mol. The van der Waals surface area contributed by atoms with Crippen LogP contribution in [-0.4, -0.2) is 69.8 Å². The fourth-order valence-corrected chi connectivity index (χ4v) is 7.12. The van der Waals surface area contributed by atoms with Crippen LogP contribution in [0, 0.1) is 5.92 Å². The summed E-state index contributed by atoms with van der Waals surface area (Å²) < 4.78 is 7.57. The zero-order chi connectivity index (χ0) is 23.7. The number of hydrogen-bond donors (Lipinski definition) is 1. The summed E-state index contributed by atoms with van der Waals surface area (Å²) in [7, 11) is 4.04. The van der Waals surface area contributed by atoms with Gasteiger partial charge in [-0.05, 0) is 43.4 Å². The van der Waals surface area contributed by atoms with Crippen molar-refractivity contribution in [3.05, 3.63) is 41.3 Å². The molecule has 0 saturated carbocycles. The second-order valence-electron chi connectivity index (χ2n) is 9.97. The van der Waals surface area contributed by atoms with Crippen molar-refractivity contribution in [3.8, 4) is 0 Å². The van der Waals surface area contributed by atoms with Crippen molar-refractivity contribution in [3.63, 3.8) is 0 Å². The number of rotatable bonds is 4. The molecule has 180 valence electrons. The van der Waals surface area contributed by atoms with E-state index in [-0.39, 0.29) is 18.1 Å². The Morgan fingerprint density at radius 3 is 3.03 bits per heavy atom. The van der Waals surface area contributed by atoms with Gasteiger partial charge >= 0.3 is 0 Å². The predicted octanol–water partition coefficient (Wildman–Crippen LogP) is 3.25.